The molecule has 6 heteroatoms. The third kappa shape index (κ3) is 3.00. The fourth-order valence-corrected chi connectivity index (χ4v) is 0.948. The van der Waals surface area contributed by atoms with Crippen molar-refractivity contribution in [1.82, 2.24) is 0 Å². The van der Waals surface area contributed by atoms with E-state index >= 15 is 0 Å². The molecule has 1 aromatic rings. The second-order valence-electron chi connectivity index (χ2n) is 3.00. The van der Waals surface area contributed by atoms with Gasteiger partial charge in [-0.25, -0.2) is 8.78 Å². The highest BCUT2D eigenvalue weighted by Crippen LogP contribution is 2.24. The minimum absolute atomic E-state index is 0.220. The molecule has 0 radical (unpaired) electrons. The van der Waals surface area contributed by atoms with Crippen LogP contribution in [0.3, 0.4) is 0 Å². The summed E-state index contributed by atoms with van der Waals surface area (Å²) in [6.45, 7) is -1.14. The van der Waals surface area contributed by atoms with Crippen molar-refractivity contribution in [2.75, 3.05) is 17.6 Å². The maximum atomic E-state index is 12.5. The van der Waals surface area contributed by atoms with Crippen molar-refractivity contribution in [3.63, 3.8) is 0 Å². The Kier molecular flexibility index (Phi) is 3.39. The minimum Gasteiger partial charge on any atom is -0.397 e. The Balaban J connectivity index is 2.62. The standard InChI is InChI=1S/C9H10F4N2/c10-8(11)9(12,13)5-15-7-4-2-1-3-6(7)14/h1-4,8,15H,5,14H2. The van der Waals surface area contributed by atoms with Gasteiger partial charge >= 0.3 is 12.3 Å². The van der Waals surface area contributed by atoms with Gasteiger partial charge < -0.3 is 11.1 Å². The molecule has 0 bridgehead atoms. The Hall–Kier alpha value is -1.46. The number of nitrogen functional groups attached to an aromatic ring is 1. The third-order valence-corrected chi connectivity index (χ3v) is 1.79. The predicted molar refractivity (Wildman–Crippen MR) is 50.3 cm³/mol. The molecule has 1 rings (SSSR count). The summed E-state index contributed by atoms with van der Waals surface area (Å²) in [4.78, 5) is 0. The quantitative estimate of drug-likeness (QED) is 0.607. The number of nitrogens with one attached hydrogen (secondary N) is 1. The van der Waals surface area contributed by atoms with Crippen LogP contribution < -0.4 is 11.1 Å². The van der Waals surface area contributed by atoms with Crippen molar-refractivity contribution in [2.24, 2.45) is 0 Å². The van der Waals surface area contributed by atoms with Crippen molar-refractivity contribution in [3.05, 3.63) is 24.3 Å². The van der Waals surface area contributed by atoms with Gasteiger partial charge in [0.15, 0.2) is 0 Å². The van der Waals surface area contributed by atoms with Crippen molar-refractivity contribution in [1.29, 1.82) is 0 Å². The Labute approximate surface area is 84.1 Å². The zero-order valence-electron chi connectivity index (χ0n) is 7.68. The molecule has 0 aliphatic carbocycles. The van der Waals surface area contributed by atoms with E-state index in [2.05, 4.69) is 5.32 Å². The van der Waals surface area contributed by atoms with E-state index in [0.717, 1.165) is 0 Å². The van der Waals surface area contributed by atoms with Gasteiger partial charge in [0.05, 0.1) is 17.9 Å². The Morgan fingerprint density at radius 3 is 2.40 bits per heavy atom. The van der Waals surface area contributed by atoms with Gasteiger partial charge in [0.2, 0.25) is 0 Å². The molecule has 3 N–H and O–H groups in total. The molecule has 0 heterocycles. The highest BCUT2D eigenvalue weighted by atomic mass is 19.3. The van der Waals surface area contributed by atoms with Gasteiger partial charge in [-0.15, -0.1) is 0 Å². The van der Waals surface area contributed by atoms with E-state index in [9.17, 15) is 17.6 Å². The molecule has 0 fully saturated rings. The molecule has 0 aromatic heterocycles. The van der Waals surface area contributed by atoms with Gasteiger partial charge in [-0.3, -0.25) is 0 Å². The van der Waals surface area contributed by atoms with Gasteiger partial charge in [0.25, 0.3) is 0 Å². The molecule has 15 heavy (non-hydrogen) atoms. The Morgan fingerprint density at radius 2 is 1.87 bits per heavy atom. The van der Waals surface area contributed by atoms with E-state index in [0.29, 0.717) is 0 Å². The first kappa shape index (κ1) is 11.6. The normalized spacial score (nSPS) is 11.8. The van der Waals surface area contributed by atoms with Crippen molar-refractivity contribution < 1.29 is 17.6 Å². The van der Waals surface area contributed by atoms with E-state index in [-0.39, 0.29) is 11.4 Å². The average Bonchev–Trinajstić information content (AvgIpc) is 2.16. The predicted octanol–water partition coefficient (Wildman–Crippen LogP) is 2.58. The van der Waals surface area contributed by atoms with Gasteiger partial charge in [-0.2, -0.15) is 8.78 Å². The fraction of sp³-hybridized carbons (Fsp3) is 0.333. The summed E-state index contributed by atoms with van der Waals surface area (Å²) in [7, 11) is 0. The van der Waals surface area contributed by atoms with Crippen LogP contribution in [0.5, 0.6) is 0 Å². The zero-order valence-corrected chi connectivity index (χ0v) is 7.68. The molecule has 0 amide bonds. The fourth-order valence-electron chi connectivity index (χ4n) is 0.948. The van der Waals surface area contributed by atoms with Crippen LogP contribution in [0, 0.1) is 0 Å². The highest BCUT2D eigenvalue weighted by Gasteiger charge is 2.40. The SMILES string of the molecule is Nc1ccccc1NCC(F)(F)C(F)F. The summed E-state index contributed by atoms with van der Waals surface area (Å²) in [5.74, 6) is -4.05. The number of halogens is 4. The number of rotatable bonds is 4. The van der Waals surface area contributed by atoms with Gasteiger partial charge in [-0.1, -0.05) is 12.1 Å². The van der Waals surface area contributed by atoms with Crippen LogP contribution in [0.4, 0.5) is 28.9 Å². The second kappa shape index (κ2) is 4.37. The number of anilines is 2. The van der Waals surface area contributed by atoms with E-state index in [4.69, 9.17) is 5.73 Å². The lowest BCUT2D eigenvalue weighted by atomic mass is 10.2. The molecule has 0 saturated heterocycles. The van der Waals surface area contributed by atoms with Crippen LogP contribution in [-0.4, -0.2) is 18.9 Å². The lowest BCUT2D eigenvalue weighted by molar-refractivity contribution is -0.117. The summed E-state index contributed by atoms with van der Waals surface area (Å²) in [6.07, 6.45) is -3.69. The number of hydrogen-bond donors (Lipinski definition) is 2. The van der Waals surface area contributed by atoms with Crippen LogP contribution in [0.1, 0.15) is 0 Å². The third-order valence-electron chi connectivity index (χ3n) is 1.79. The van der Waals surface area contributed by atoms with E-state index < -0.39 is 18.9 Å². The average molecular weight is 222 g/mol. The van der Waals surface area contributed by atoms with Crippen LogP contribution in [0.25, 0.3) is 0 Å². The summed E-state index contributed by atoms with van der Waals surface area (Å²) < 4.78 is 48.6. The first-order valence-corrected chi connectivity index (χ1v) is 4.18. The van der Waals surface area contributed by atoms with Gasteiger partial charge in [0, 0.05) is 0 Å². The van der Waals surface area contributed by atoms with E-state index in [1.165, 1.54) is 12.1 Å². The molecule has 0 unspecified atom stereocenters. The van der Waals surface area contributed by atoms with E-state index in [1.54, 1.807) is 12.1 Å². The molecule has 0 spiro atoms. The lowest BCUT2D eigenvalue weighted by Crippen LogP contribution is -2.34. The second-order valence-corrected chi connectivity index (χ2v) is 3.00. The highest BCUT2D eigenvalue weighted by molar-refractivity contribution is 5.65. The van der Waals surface area contributed by atoms with Crippen LogP contribution in [-0.2, 0) is 0 Å². The number of benzene rings is 1. The van der Waals surface area contributed by atoms with Crippen LogP contribution >= 0.6 is 0 Å². The maximum absolute atomic E-state index is 12.5. The summed E-state index contributed by atoms with van der Waals surface area (Å²) in [5.41, 5.74) is 5.89. The smallest absolute Gasteiger partial charge is 0.324 e. The van der Waals surface area contributed by atoms with E-state index in [1.807, 2.05) is 0 Å². The largest absolute Gasteiger partial charge is 0.397 e. The number of nitrogens with two attached hydrogens (primary N) is 1. The molecular weight excluding hydrogens is 212 g/mol. The molecule has 1 aromatic carbocycles. The number of alkyl halides is 4. The van der Waals surface area contributed by atoms with Crippen LogP contribution in [0.15, 0.2) is 24.3 Å². The maximum Gasteiger partial charge on any atom is 0.324 e. The minimum atomic E-state index is -4.05. The molecule has 0 aliphatic rings. The molecular formula is C9H10F4N2. The Bertz CT molecular complexity index is 328. The first-order chi connectivity index (χ1) is 6.93. The monoisotopic (exact) mass is 222 g/mol. The summed E-state index contributed by atoms with van der Waals surface area (Å²) >= 11 is 0. The topological polar surface area (TPSA) is 38.0 Å². The zero-order chi connectivity index (χ0) is 11.5. The number of hydrogen-bond acceptors (Lipinski definition) is 2. The summed E-state index contributed by atoms with van der Waals surface area (Å²) in [6, 6.07) is 6.12. The van der Waals surface area contributed by atoms with Crippen molar-refractivity contribution in [3.8, 4) is 0 Å². The Morgan fingerprint density at radius 1 is 1.27 bits per heavy atom. The van der Waals surface area contributed by atoms with Gasteiger partial charge in [-0.05, 0) is 12.1 Å². The molecule has 0 atom stereocenters. The number of para-hydroxylation sites is 2. The summed E-state index contributed by atoms with van der Waals surface area (Å²) in [5, 5.41) is 2.18. The van der Waals surface area contributed by atoms with Crippen molar-refractivity contribution >= 4 is 11.4 Å². The lowest BCUT2D eigenvalue weighted by Gasteiger charge is -2.17. The molecule has 0 aliphatic heterocycles. The first-order valence-electron chi connectivity index (χ1n) is 4.18. The van der Waals surface area contributed by atoms with Gasteiger partial charge in [0.1, 0.15) is 0 Å². The molecule has 84 valence electrons. The van der Waals surface area contributed by atoms with Crippen molar-refractivity contribution in [2.45, 2.75) is 12.3 Å². The molecule has 0 saturated carbocycles. The van der Waals surface area contributed by atoms with Crippen LogP contribution in [0.2, 0.25) is 0 Å². The molecule has 2 nitrogen and oxygen atoms in total.